The van der Waals surface area contributed by atoms with Crippen LogP contribution in [0.15, 0.2) is 15.2 Å². The molecule has 0 bridgehead atoms. The van der Waals surface area contributed by atoms with Gasteiger partial charge < -0.3 is 4.90 Å². The van der Waals surface area contributed by atoms with Gasteiger partial charge in [-0.3, -0.25) is 4.79 Å². The molecule has 5 nitrogen and oxygen atoms in total. The molecule has 1 aliphatic heterocycles. The minimum atomic E-state index is -3.51. The molecule has 8 heteroatoms. The van der Waals surface area contributed by atoms with Gasteiger partial charge in [-0.1, -0.05) is 0 Å². The molecule has 1 saturated heterocycles. The lowest BCUT2D eigenvalue weighted by Crippen LogP contribution is -2.27. The Kier molecular flexibility index (Phi) is 4.10. The van der Waals surface area contributed by atoms with Crippen LogP contribution in [0.2, 0.25) is 0 Å². The van der Waals surface area contributed by atoms with Gasteiger partial charge in [0.25, 0.3) is 0 Å². The van der Waals surface area contributed by atoms with Crippen molar-refractivity contribution in [2.75, 3.05) is 12.3 Å². The fourth-order valence-electron chi connectivity index (χ4n) is 2.08. The van der Waals surface area contributed by atoms with Gasteiger partial charge in [0.05, 0.1) is 9.54 Å². The van der Waals surface area contributed by atoms with Gasteiger partial charge in [0.2, 0.25) is 15.9 Å². The van der Waals surface area contributed by atoms with E-state index in [2.05, 4.69) is 15.9 Å². The zero-order chi connectivity index (χ0) is 13.3. The summed E-state index contributed by atoms with van der Waals surface area (Å²) in [5.74, 6) is -0.327. The van der Waals surface area contributed by atoms with Crippen molar-refractivity contribution in [3.63, 3.8) is 0 Å². The standard InChI is InChI=1S/C10H13BrN2O3S2/c11-10-8(1-2-17-10)5-13-4-7(3-9(13)14)6-18(12,15)16/h1-2,7H,3-6H2,(H2,12,15,16). The van der Waals surface area contributed by atoms with E-state index in [0.717, 1.165) is 9.35 Å². The van der Waals surface area contributed by atoms with Gasteiger partial charge in [0.1, 0.15) is 0 Å². The van der Waals surface area contributed by atoms with E-state index in [-0.39, 0.29) is 24.0 Å². The van der Waals surface area contributed by atoms with Crippen LogP contribution in [0.5, 0.6) is 0 Å². The van der Waals surface area contributed by atoms with Crippen molar-refractivity contribution < 1.29 is 13.2 Å². The summed E-state index contributed by atoms with van der Waals surface area (Å²) in [6.45, 7) is 0.974. The molecule has 0 aromatic carbocycles. The number of hydrogen-bond donors (Lipinski definition) is 1. The normalized spacial score (nSPS) is 20.7. The quantitative estimate of drug-likeness (QED) is 0.882. The van der Waals surface area contributed by atoms with Crippen molar-refractivity contribution in [2.45, 2.75) is 13.0 Å². The van der Waals surface area contributed by atoms with Crippen LogP contribution in [0, 0.1) is 5.92 Å². The maximum atomic E-state index is 11.8. The van der Waals surface area contributed by atoms with E-state index >= 15 is 0 Å². The summed E-state index contributed by atoms with van der Waals surface area (Å²) in [4.78, 5) is 13.5. The number of hydrogen-bond acceptors (Lipinski definition) is 4. The van der Waals surface area contributed by atoms with Crippen LogP contribution in [0.4, 0.5) is 0 Å². The summed E-state index contributed by atoms with van der Waals surface area (Å²) < 4.78 is 23.0. The van der Waals surface area contributed by atoms with Gasteiger partial charge in [0.15, 0.2) is 0 Å². The highest BCUT2D eigenvalue weighted by molar-refractivity contribution is 9.11. The Morgan fingerprint density at radius 1 is 1.56 bits per heavy atom. The zero-order valence-corrected chi connectivity index (χ0v) is 12.7. The zero-order valence-electron chi connectivity index (χ0n) is 9.50. The number of halogens is 1. The van der Waals surface area contributed by atoms with Gasteiger partial charge in [-0.2, -0.15) is 0 Å². The van der Waals surface area contributed by atoms with Crippen LogP contribution >= 0.6 is 27.3 Å². The second-order valence-corrected chi connectivity index (χ2v) is 8.29. The van der Waals surface area contributed by atoms with Crippen molar-refractivity contribution in [3.8, 4) is 0 Å². The molecular weight excluding hydrogens is 340 g/mol. The smallest absolute Gasteiger partial charge is 0.223 e. The van der Waals surface area contributed by atoms with Crippen LogP contribution in [0.1, 0.15) is 12.0 Å². The number of likely N-dealkylation sites (tertiary alicyclic amines) is 1. The predicted octanol–water partition coefficient (Wildman–Crippen LogP) is 1.15. The van der Waals surface area contributed by atoms with Crippen molar-refractivity contribution >= 4 is 43.2 Å². The van der Waals surface area contributed by atoms with Crippen LogP contribution in [-0.4, -0.2) is 31.5 Å². The fourth-order valence-corrected chi connectivity index (χ4v) is 4.18. The summed E-state index contributed by atoms with van der Waals surface area (Å²) >= 11 is 4.98. The number of carbonyl (C=O) groups excluding carboxylic acids is 1. The summed E-state index contributed by atoms with van der Waals surface area (Å²) in [5.41, 5.74) is 1.05. The number of rotatable bonds is 4. The van der Waals surface area contributed by atoms with Gasteiger partial charge in [-0.15, -0.1) is 11.3 Å². The minimum Gasteiger partial charge on any atom is -0.338 e. The molecule has 0 aliphatic carbocycles. The monoisotopic (exact) mass is 352 g/mol. The highest BCUT2D eigenvalue weighted by atomic mass is 79.9. The summed E-state index contributed by atoms with van der Waals surface area (Å²) in [5, 5.41) is 6.95. The van der Waals surface area contributed by atoms with Crippen LogP contribution < -0.4 is 5.14 Å². The van der Waals surface area contributed by atoms with Gasteiger partial charge in [-0.05, 0) is 32.9 Å². The number of sulfonamides is 1. The third kappa shape index (κ3) is 3.53. The highest BCUT2D eigenvalue weighted by Crippen LogP contribution is 2.27. The van der Waals surface area contributed by atoms with E-state index in [1.54, 1.807) is 16.2 Å². The summed E-state index contributed by atoms with van der Waals surface area (Å²) in [6, 6.07) is 1.95. The number of amides is 1. The number of nitrogens with two attached hydrogens (primary N) is 1. The first-order chi connectivity index (χ1) is 8.35. The van der Waals surface area contributed by atoms with Crippen molar-refractivity contribution in [1.82, 2.24) is 4.90 Å². The van der Waals surface area contributed by atoms with E-state index in [0.29, 0.717) is 13.1 Å². The average molecular weight is 353 g/mol. The van der Waals surface area contributed by atoms with E-state index in [9.17, 15) is 13.2 Å². The number of primary sulfonamides is 1. The number of carbonyl (C=O) groups is 1. The molecular formula is C10H13BrN2O3S2. The molecule has 0 spiro atoms. The van der Waals surface area contributed by atoms with Crippen molar-refractivity contribution in [2.24, 2.45) is 11.1 Å². The molecule has 1 atom stereocenters. The predicted molar refractivity (Wildman–Crippen MR) is 73.5 cm³/mol. The molecule has 100 valence electrons. The summed E-state index contributed by atoms with van der Waals surface area (Å²) in [6.07, 6.45) is 0.262. The second-order valence-electron chi connectivity index (χ2n) is 4.39. The first-order valence-electron chi connectivity index (χ1n) is 5.35. The lowest BCUT2D eigenvalue weighted by atomic mass is 10.1. The lowest BCUT2D eigenvalue weighted by molar-refractivity contribution is -0.128. The SMILES string of the molecule is NS(=O)(=O)CC1CC(=O)N(Cc2ccsc2Br)C1. The highest BCUT2D eigenvalue weighted by Gasteiger charge is 2.32. The summed E-state index contributed by atoms with van der Waals surface area (Å²) in [7, 11) is -3.51. The molecule has 2 heterocycles. The number of nitrogens with zero attached hydrogens (tertiary/aromatic N) is 1. The van der Waals surface area contributed by atoms with E-state index in [1.807, 2.05) is 11.4 Å². The number of thiophene rings is 1. The Morgan fingerprint density at radius 2 is 2.28 bits per heavy atom. The fraction of sp³-hybridized carbons (Fsp3) is 0.500. The Balaban J connectivity index is 2.00. The van der Waals surface area contributed by atoms with E-state index in [4.69, 9.17) is 5.14 Å². The maximum absolute atomic E-state index is 11.8. The second kappa shape index (κ2) is 5.28. The molecule has 1 amide bonds. The van der Waals surface area contributed by atoms with Gasteiger partial charge in [-0.25, -0.2) is 13.6 Å². The molecule has 1 fully saturated rings. The van der Waals surface area contributed by atoms with Gasteiger partial charge >= 0.3 is 0 Å². The average Bonchev–Trinajstić information content (AvgIpc) is 2.73. The molecule has 2 rings (SSSR count). The molecule has 0 saturated carbocycles. The topological polar surface area (TPSA) is 80.5 Å². The molecule has 1 unspecified atom stereocenters. The Morgan fingerprint density at radius 3 is 2.83 bits per heavy atom. The van der Waals surface area contributed by atoms with Crippen LogP contribution in [0.3, 0.4) is 0 Å². The van der Waals surface area contributed by atoms with Crippen molar-refractivity contribution in [1.29, 1.82) is 0 Å². The van der Waals surface area contributed by atoms with E-state index in [1.165, 1.54) is 0 Å². The van der Waals surface area contributed by atoms with Gasteiger partial charge in [0, 0.05) is 25.4 Å². The van der Waals surface area contributed by atoms with Crippen LogP contribution in [0.25, 0.3) is 0 Å². The van der Waals surface area contributed by atoms with E-state index < -0.39 is 10.0 Å². The largest absolute Gasteiger partial charge is 0.338 e. The third-order valence-corrected chi connectivity index (χ3v) is 5.56. The molecule has 0 radical (unpaired) electrons. The Bertz CT molecular complexity index is 555. The molecule has 2 N–H and O–H groups in total. The maximum Gasteiger partial charge on any atom is 0.223 e. The Hall–Kier alpha value is -0.440. The third-order valence-electron chi connectivity index (χ3n) is 2.82. The Labute approximate surface area is 118 Å². The van der Waals surface area contributed by atoms with Crippen LogP contribution in [-0.2, 0) is 21.4 Å². The first-order valence-corrected chi connectivity index (χ1v) is 8.74. The first kappa shape index (κ1) is 14.0. The molecule has 18 heavy (non-hydrogen) atoms. The lowest BCUT2D eigenvalue weighted by Gasteiger charge is -2.16. The van der Waals surface area contributed by atoms with Crippen molar-refractivity contribution in [3.05, 3.63) is 20.8 Å². The minimum absolute atomic E-state index is 0.0123. The molecule has 1 aromatic rings. The molecule has 1 aromatic heterocycles. The molecule has 1 aliphatic rings.